The molecule has 90 valence electrons. The van der Waals surface area contributed by atoms with Crippen LogP contribution in [0.25, 0.3) is 0 Å². The predicted molar refractivity (Wildman–Crippen MR) is 71.6 cm³/mol. The zero-order valence-electron chi connectivity index (χ0n) is 10.2. The lowest BCUT2D eigenvalue weighted by molar-refractivity contribution is 0.695. The standard InChI is InChI=1S/C14H17ClN2/c1-11-5-3-4-6-14(11)12(10-15)9-13-7-8-17(2)16-13/h3-8,12H,9-10H2,1-2H3. The summed E-state index contributed by atoms with van der Waals surface area (Å²) in [7, 11) is 1.94. The summed E-state index contributed by atoms with van der Waals surface area (Å²) in [4.78, 5) is 0. The molecule has 1 unspecified atom stereocenters. The maximum absolute atomic E-state index is 6.10. The Bertz CT molecular complexity index is 490. The van der Waals surface area contributed by atoms with E-state index in [9.17, 15) is 0 Å². The summed E-state index contributed by atoms with van der Waals surface area (Å²) in [6, 6.07) is 10.5. The van der Waals surface area contributed by atoms with Crippen molar-refractivity contribution in [1.29, 1.82) is 0 Å². The van der Waals surface area contributed by atoms with Crippen LogP contribution < -0.4 is 0 Å². The van der Waals surface area contributed by atoms with Gasteiger partial charge in [-0.15, -0.1) is 11.6 Å². The Hall–Kier alpha value is -1.28. The van der Waals surface area contributed by atoms with Crippen molar-refractivity contribution in [3.05, 3.63) is 53.3 Å². The number of aromatic nitrogens is 2. The van der Waals surface area contributed by atoms with E-state index in [2.05, 4.69) is 42.4 Å². The normalized spacial score (nSPS) is 12.6. The Morgan fingerprint density at radius 2 is 2.06 bits per heavy atom. The van der Waals surface area contributed by atoms with Crippen molar-refractivity contribution in [2.24, 2.45) is 7.05 Å². The Labute approximate surface area is 107 Å². The summed E-state index contributed by atoms with van der Waals surface area (Å²) in [6.45, 7) is 2.13. The average Bonchev–Trinajstić information content (AvgIpc) is 2.73. The van der Waals surface area contributed by atoms with Gasteiger partial charge < -0.3 is 0 Å². The van der Waals surface area contributed by atoms with Gasteiger partial charge in [0.2, 0.25) is 0 Å². The molecule has 0 spiro atoms. The van der Waals surface area contributed by atoms with E-state index in [0.29, 0.717) is 11.8 Å². The van der Waals surface area contributed by atoms with Crippen LogP contribution in [0.2, 0.25) is 0 Å². The number of benzene rings is 1. The summed E-state index contributed by atoms with van der Waals surface area (Å²) in [6.07, 6.45) is 2.87. The number of hydrogen-bond acceptors (Lipinski definition) is 1. The van der Waals surface area contributed by atoms with Gasteiger partial charge in [-0.2, -0.15) is 5.10 Å². The minimum Gasteiger partial charge on any atom is -0.276 e. The number of nitrogens with zero attached hydrogens (tertiary/aromatic N) is 2. The van der Waals surface area contributed by atoms with Gasteiger partial charge in [0.15, 0.2) is 0 Å². The van der Waals surface area contributed by atoms with Gasteiger partial charge in [-0.3, -0.25) is 4.68 Å². The molecule has 0 aliphatic heterocycles. The van der Waals surface area contributed by atoms with Gasteiger partial charge in [0.1, 0.15) is 0 Å². The van der Waals surface area contributed by atoms with Crippen molar-refractivity contribution in [2.75, 3.05) is 5.88 Å². The molecule has 2 rings (SSSR count). The first-order valence-corrected chi connectivity index (χ1v) is 6.34. The fraction of sp³-hybridized carbons (Fsp3) is 0.357. The van der Waals surface area contributed by atoms with E-state index >= 15 is 0 Å². The number of halogens is 1. The predicted octanol–water partition coefficient (Wildman–Crippen LogP) is 3.29. The fourth-order valence-electron chi connectivity index (χ4n) is 2.12. The lowest BCUT2D eigenvalue weighted by atomic mass is 9.92. The highest BCUT2D eigenvalue weighted by atomic mass is 35.5. The summed E-state index contributed by atoms with van der Waals surface area (Å²) in [5, 5.41) is 4.41. The second-order valence-electron chi connectivity index (χ2n) is 4.39. The van der Waals surface area contributed by atoms with Crippen molar-refractivity contribution in [2.45, 2.75) is 19.3 Å². The molecular weight excluding hydrogens is 232 g/mol. The lowest BCUT2D eigenvalue weighted by Crippen LogP contribution is -2.07. The first-order valence-electron chi connectivity index (χ1n) is 5.80. The molecule has 0 aliphatic rings. The molecule has 2 nitrogen and oxygen atoms in total. The minimum absolute atomic E-state index is 0.341. The van der Waals surface area contributed by atoms with Gasteiger partial charge in [0.25, 0.3) is 0 Å². The Morgan fingerprint density at radius 3 is 2.65 bits per heavy atom. The number of hydrogen-bond donors (Lipinski definition) is 0. The topological polar surface area (TPSA) is 17.8 Å². The molecule has 0 radical (unpaired) electrons. The van der Waals surface area contributed by atoms with E-state index in [4.69, 9.17) is 11.6 Å². The summed E-state index contributed by atoms with van der Waals surface area (Å²) in [5.41, 5.74) is 3.73. The molecule has 0 bridgehead atoms. The molecule has 1 heterocycles. The van der Waals surface area contributed by atoms with E-state index in [-0.39, 0.29) is 0 Å². The monoisotopic (exact) mass is 248 g/mol. The van der Waals surface area contributed by atoms with Gasteiger partial charge in [0, 0.05) is 25.0 Å². The zero-order valence-corrected chi connectivity index (χ0v) is 11.0. The van der Waals surface area contributed by atoms with Crippen LogP contribution in [0.4, 0.5) is 0 Å². The van der Waals surface area contributed by atoms with Crippen LogP contribution in [0.15, 0.2) is 36.5 Å². The SMILES string of the molecule is Cc1ccccc1C(CCl)Cc1ccn(C)n1. The van der Waals surface area contributed by atoms with Gasteiger partial charge in [0.05, 0.1) is 5.69 Å². The molecule has 2 aromatic rings. The highest BCUT2D eigenvalue weighted by Gasteiger charge is 2.14. The van der Waals surface area contributed by atoms with Gasteiger partial charge >= 0.3 is 0 Å². The molecule has 1 aromatic carbocycles. The molecule has 0 aliphatic carbocycles. The van der Waals surface area contributed by atoms with Crippen LogP contribution in [0.5, 0.6) is 0 Å². The molecule has 0 saturated heterocycles. The molecule has 0 fully saturated rings. The molecular formula is C14H17ClN2. The highest BCUT2D eigenvalue weighted by Crippen LogP contribution is 2.24. The van der Waals surface area contributed by atoms with Crippen molar-refractivity contribution in [3.8, 4) is 0 Å². The van der Waals surface area contributed by atoms with Gasteiger partial charge in [-0.05, 0) is 30.5 Å². The van der Waals surface area contributed by atoms with Crippen LogP contribution in [0, 0.1) is 6.92 Å². The third kappa shape index (κ3) is 2.89. The molecule has 3 heteroatoms. The molecule has 0 N–H and O–H groups in total. The number of alkyl halides is 1. The second kappa shape index (κ2) is 5.37. The maximum atomic E-state index is 6.10. The first-order chi connectivity index (χ1) is 8.20. The van der Waals surface area contributed by atoms with Crippen LogP contribution in [0.1, 0.15) is 22.7 Å². The zero-order chi connectivity index (χ0) is 12.3. The highest BCUT2D eigenvalue weighted by molar-refractivity contribution is 6.18. The van der Waals surface area contributed by atoms with Crippen LogP contribution in [-0.4, -0.2) is 15.7 Å². The van der Waals surface area contributed by atoms with Crippen LogP contribution in [0.3, 0.4) is 0 Å². The smallest absolute Gasteiger partial charge is 0.0631 e. The largest absolute Gasteiger partial charge is 0.276 e. The summed E-state index contributed by atoms with van der Waals surface area (Å²) >= 11 is 6.10. The second-order valence-corrected chi connectivity index (χ2v) is 4.70. The maximum Gasteiger partial charge on any atom is 0.0631 e. The summed E-state index contributed by atoms with van der Waals surface area (Å²) < 4.78 is 1.83. The Morgan fingerprint density at radius 1 is 1.29 bits per heavy atom. The van der Waals surface area contributed by atoms with E-state index in [1.165, 1.54) is 11.1 Å². The molecule has 0 amide bonds. The van der Waals surface area contributed by atoms with Gasteiger partial charge in [-0.25, -0.2) is 0 Å². The third-order valence-electron chi connectivity index (χ3n) is 3.04. The van der Waals surface area contributed by atoms with Crippen LogP contribution >= 0.6 is 11.6 Å². The van der Waals surface area contributed by atoms with E-state index in [0.717, 1.165) is 12.1 Å². The van der Waals surface area contributed by atoms with E-state index in [1.54, 1.807) is 0 Å². The van der Waals surface area contributed by atoms with Gasteiger partial charge in [-0.1, -0.05) is 24.3 Å². The van der Waals surface area contributed by atoms with Crippen molar-refractivity contribution >= 4 is 11.6 Å². The number of aryl methyl sites for hydroxylation is 2. The third-order valence-corrected chi connectivity index (χ3v) is 3.41. The first kappa shape index (κ1) is 12.2. The minimum atomic E-state index is 0.341. The molecule has 1 atom stereocenters. The van der Waals surface area contributed by atoms with Crippen molar-refractivity contribution in [3.63, 3.8) is 0 Å². The molecule has 17 heavy (non-hydrogen) atoms. The average molecular weight is 249 g/mol. The Kier molecular flexibility index (Phi) is 3.85. The summed E-state index contributed by atoms with van der Waals surface area (Å²) in [5.74, 6) is 0.967. The molecule has 1 aromatic heterocycles. The lowest BCUT2D eigenvalue weighted by Gasteiger charge is -2.15. The Balaban J connectivity index is 2.20. The van der Waals surface area contributed by atoms with E-state index < -0.39 is 0 Å². The molecule has 0 saturated carbocycles. The van der Waals surface area contributed by atoms with Crippen molar-refractivity contribution in [1.82, 2.24) is 9.78 Å². The van der Waals surface area contributed by atoms with Crippen LogP contribution in [-0.2, 0) is 13.5 Å². The van der Waals surface area contributed by atoms with Crippen molar-refractivity contribution < 1.29 is 0 Å². The van der Waals surface area contributed by atoms with E-state index in [1.807, 2.05) is 17.9 Å². The number of rotatable bonds is 4. The quantitative estimate of drug-likeness (QED) is 0.760. The fourth-order valence-corrected chi connectivity index (χ4v) is 2.39.